The Kier molecular flexibility index (Phi) is 2.85. The lowest BCUT2D eigenvalue weighted by molar-refractivity contribution is 0.104. The van der Waals surface area contributed by atoms with E-state index in [0.29, 0.717) is 11.0 Å². The summed E-state index contributed by atoms with van der Waals surface area (Å²) in [5.74, 6) is 0.691. The molecular weight excluding hydrogens is 188 g/mol. The molecule has 13 heavy (non-hydrogen) atoms. The Morgan fingerprint density at radius 3 is 3.15 bits per heavy atom. The van der Waals surface area contributed by atoms with Crippen LogP contribution in [0.4, 0.5) is 0 Å². The topological polar surface area (TPSA) is 48.2 Å². The summed E-state index contributed by atoms with van der Waals surface area (Å²) in [6.45, 7) is 0.869. The molecule has 0 bridgehead atoms. The molecule has 1 aliphatic heterocycles. The van der Waals surface area contributed by atoms with Crippen LogP contribution in [-0.2, 0) is 11.2 Å². The van der Waals surface area contributed by atoms with E-state index in [2.05, 4.69) is 10.1 Å². The second-order valence-corrected chi connectivity index (χ2v) is 3.79. The van der Waals surface area contributed by atoms with Gasteiger partial charge in [-0.15, -0.1) is 0 Å². The number of ether oxygens (including phenoxy) is 1. The van der Waals surface area contributed by atoms with Crippen LogP contribution in [0.25, 0.3) is 0 Å². The fraction of sp³-hybridized carbons (Fsp3) is 0.750. The molecule has 1 unspecified atom stereocenters. The van der Waals surface area contributed by atoms with Gasteiger partial charge >= 0.3 is 0 Å². The van der Waals surface area contributed by atoms with Gasteiger partial charge in [0.25, 0.3) is 0 Å². The molecule has 0 amide bonds. The second-order valence-electron chi connectivity index (χ2n) is 3.01. The van der Waals surface area contributed by atoms with Crippen molar-refractivity contribution in [3.63, 3.8) is 0 Å². The van der Waals surface area contributed by atoms with Crippen LogP contribution >= 0.6 is 11.8 Å². The molecule has 1 fully saturated rings. The van der Waals surface area contributed by atoms with Gasteiger partial charge in [-0.25, -0.2) is 0 Å². The summed E-state index contributed by atoms with van der Waals surface area (Å²) >= 11 is 1.49. The Labute approximate surface area is 81.0 Å². The molecule has 0 saturated carbocycles. The zero-order valence-corrected chi connectivity index (χ0v) is 8.34. The number of hydrogen-bond donors (Lipinski definition) is 0. The summed E-state index contributed by atoms with van der Waals surface area (Å²) in [7, 11) is 0. The molecule has 1 aromatic heterocycles. The van der Waals surface area contributed by atoms with E-state index in [1.54, 1.807) is 0 Å². The molecule has 5 heteroatoms. The monoisotopic (exact) mass is 200 g/mol. The van der Waals surface area contributed by atoms with Gasteiger partial charge in [0.15, 0.2) is 0 Å². The van der Waals surface area contributed by atoms with Crippen LogP contribution in [0.15, 0.2) is 9.68 Å². The van der Waals surface area contributed by atoms with Crippen molar-refractivity contribution in [1.82, 2.24) is 10.1 Å². The van der Waals surface area contributed by atoms with E-state index in [0.717, 1.165) is 25.9 Å². The maximum absolute atomic E-state index is 5.47. The number of aromatic nitrogens is 2. The van der Waals surface area contributed by atoms with Crippen LogP contribution in [0.3, 0.4) is 0 Å². The minimum atomic E-state index is 0.287. The van der Waals surface area contributed by atoms with E-state index >= 15 is 0 Å². The van der Waals surface area contributed by atoms with Gasteiger partial charge in [0.05, 0.1) is 12.5 Å². The Balaban J connectivity index is 1.92. The van der Waals surface area contributed by atoms with Crippen molar-refractivity contribution in [2.75, 3.05) is 12.9 Å². The van der Waals surface area contributed by atoms with Crippen molar-refractivity contribution in [2.24, 2.45) is 0 Å². The zero-order chi connectivity index (χ0) is 9.10. The highest BCUT2D eigenvalue weighted by atomic mass is 32.2. The minimum Gasteiger partial charge on any atom is -0.378 e. The molecule has 0 spiro atoms. The highest BCUT2D eigenvalue weighted by Crippen LogP contribution is 2.17. The van der Waals surface area contributed by atoms with E-state index in [1.165, 1.54) is 11.8 Å². The third-order valence-corrected chi connectivity index (χ3v) is 2.59. The first-order valence-electron chi connectivity index (χ1n) is 4.36. The van der Waals surface area contributed by atoms with Gasteiger partial charge in [0, 0.05) is 6.61 Å². The minimum absolute atomic E-state index is 0.287. The van der Waals surface area contributed by atoms with Crippen molar-refractivity contribution in [3.05, 3.63) is 5.89 Å². The molecule has 4 nitrogen and oxygen atoms in total. The summed E-state index contributed by atoms with van der Waals surface area (Å²) in [5.41, 5.74) is 0. The van der Waals surface area contributed by atoms with Gasteiger partial charge < -0.3 is 9.26 Å². The summed E-state index contributed by atoms with van der Waals surface area (Å²) in [4.78, 5) is 4.20. The normalized spacial score (nSPS) is 22.4. The van der Waals surface area contributed by atoms with Crippen LogP contribution in [-0.4, -0.2) is 29.1 Å². The first-order chi connectivity index (χ1) is 6.38. The third-order valence-electron chi connectivity index (χ3n) is 2.06. The molecule has 72 valence electrons. The molecule has 2 heterocycles. The number of hydrogen-bond acceptors (Lipinski definition) is 5. The summed E-state index contributed by atoms with van der Waals surface area (Å²) < 4.78 is 10.5. The lowest BCUT2D eigenvalue weighted by Crippen LogP contribution is -2.08. The van der Waals surface area contributed by atoms with Crippen molar-refractivity contribution in [1.29, 1.82) is 0 Å². The molecule has 0 radical (unpaired) electrons. The Bertz CT molecular complexity index is 271. The van der Waals surface area contributed by atoms with Gasteiger partial charge in [0.1, 0.15) is 0 Å². The first kappa shape index (κ1) is 9.02. The smallest absolute Gasteiger partial charge is 0.230 e. The average Bonchev–Trinajstić information content (AvgIpc) is 2.76. The maximum Gasteiger partial charge on any atom is 0.230 e. The average molecular weight is 200 g/mol. The predicted molar refractivity (Wildman–Crippen MR) is 48.8 cm³/mol. The summed E-state index contributed by atoms with van der Waals surface area (Å²) in [6.07, 6.45) is 5.23. The fourth-order valence-electron chi connectivity index (χ4n) is 1.41. The highest BCUT2D eigenvalue weighted by molar-refractivity contribution is 7.98. The van der Waals surface area contributed by atoms with Crippen LogP contribution in [0.2, 0.25) is 0 Å². The number of rotatable bonds is 3. The zero-order valence-electron chi connectivity index (χ0n) is 7.52. The van der Waals surface area contributed by atoms with Crippen molar-refractivity contribution < 1.29 is 9.26 Å². The Hall–Kier alpha value is -0.550. The van der Waals surface area contributed by atoms with Crippen molar-refractivity contribution in [3.8, 4) is 0 Å². The lowest BCUT2D eigenvalue weighted by Gasteiger charge is -2.03. The quantitative estimate of drug-likeness (QED) is 0.692. The van der Waals surface area contributed by atoms with Crippen molar-refractivity contribution >= 4 is 11.8 Å². The molecule has 0 aliphatic carbocycles. The molecule has 1 aliphatic rings. The van der Waals surface area contributed by atoms with E-state index in [-0.39, 0.29) is 6.10 Å². The van der Waals surface area contributed by atoms with Crippen LogP contribution < -0.4 is 0 Å². The Morgan fingerprint density at radius 2 is 2.54 bits per heavy atom. The Morgan fingerprint density at radius 1 is 1.62 bits per heavy atom. The summed E-state index contributed by atoms with van der Waals surface area (Å²) in [6, 6.07) is 0. The fourth-order valence-corrected chi connectivity index (χ4v) is 1.71. The SMILES string of the molecule is CSc1noc(CC2CCCO2)n1. The third kappa shape index (κ3) is 2.22. The maximum atomic E-state index is 5.47. The lowest BCUT2D eigenvalue weighted by atomic mass is 10.2. The van der Waals surface area contributed by atoms with Crippen LogP contribution in [0, 0.1) is 0 Å². The van der Waals surface area contributed by atoms with Gasteiger partial charge in [-0.2, -0.15) is 4.98 Å². The van der Waals surface area contributed by atoms with E-state index in [9.17, 15) is 0 Å². The van der Waals surface area contributed by atoms with E-state index < -0.39 is 0 Å². The van der Waals surface area contributed by atoms with Crippen molar-refractivity contribution in [2.45, 2.75) is 30.5 Å². The van der Waals surface area contributed by atoms with E-state index in [4.69, 9.17) is 9.26 Å². The molecule has 1 saturated heterocycles. The molecular formula is C8H12N2O2S. The first-order valence-corrected chi connectivity index (χ1v) is 5.59. The highest BCUT2D eigenvalue weighted by Gasteiger charge is 2.19. The van der Waals surface area contributed by atoms with Gasteiger partial charge in [0.2, 0.25) is 11.0 Å². The predicted octanol–water partition coefficient (Wildman–Crippen LogP) is 1.51. The molecule has 2 rings (SSSR count). The second kappa shape index (κ2) is 4.11. The standard InChI is InChI=1S/C8H12N2O2S/c1-13-8-9-7(12-10-8)5-6-3-2-4-11-6/h6H,2-5H2,1H3. The molecule has 1 atom stereocenters. The molecule has 1 aromatic rings. The molecule has 0 N–H and O–H groups in total. The van der Waals surface area contributed by atoms with Gasteiger partial charge in [-0.1, -0.05) is 16.9 Å². The van der Waals surface area contributed by atoms with Crippen LogP contribution in [0.1, 0.15) is 18.7 Å². The summed E-state index contributed by atoms with van der Waals surface area (Å²) in [5, 5.41) is 4.50. The van der Waals surface area contributed by atoms with Gasteiger partial charge in [-0.05, 0) is 19.1 Å². The largest absolute Gasteiger partial charge is 0.378 e. The van der Waals surface area contributed by atoms with E-state index in [1.807, 2.05) is 6.26 Å². The molecule has 0 aromatic carbocycles. The number of nitrogens with zero attached hydrogens (tertiary/aromatic N) is 2. The number of thioether (sulfide) groups is 1. The van der Waals surface area contributed by atoms with Gasteiger partial charge in [-0.3, -0.25) is 0 Å². The van der Waals surface area contributed by atoms with Crippen LogP contribution in [0.5, 0.6) is 0 Å².